The van der Waals surface area contributed by atoms with E-state index in [2.05, 4.69) is 52.9 Å². The van der Waals surface area contributed by atoms with Gasteiger partial charge in [0.25, 0.3) is 5.91 Å². The van der Waals surface area contributed by atoms with Crippen LogP contribution in [0.4, 0.5) is 5.69 Å². The first-order chi connectivity index (χ1) is 14.3. The van der Waals surface area contributed by atoms with Crippen molar-refractivity contribution in [2.75, 3.05) is 26.1 Å². The van der Waals surface area contributed by atoms with E-state index in [0.717, 1.165) is 11.1 Å². The maximum Gasteiger partial charge on any atom is 0.338 e. The number of esters is 1. The van der Waals surface area contributed by atoms with Crippen LogP contribution in [0.5, 0.6) is 11.5 Å². The van der Waals surface area contributed by atoms with Gasteiger partial charge in [0.1, 0.15) is 11.5 Å². The molecule has 0 aromatic heterocycles. The lowest BCUT2D eigenvalue weighted by atomic mass is 9.79. The van der Waals surface area contributed by atoms with Crippen LogP contribution in [0.1, 0.15) is 63.0 Å². The van der Waals surface area contributed by atoms with E-state index in [1.165, 1.54) is 14.2 Å². The summed E-state index contributed by atoms with van der Waals surface area (Å²) in [4.78, 5) is 25.1. The van der Waals surface area contributed by atoms with Gasteiger partial charge >= 0.3 is 5.97 Å². The maximum absolute atomic E-state index is 12.7. The van der Waals surface area contributed by atoms with Gasteiger partial charge in [-0.3, -0.25) is 4.79 Å². The maximum atomic E-state index is 12.7. The Hall–Kier alpha value is -3.02. The summed E-state index contributed by atoms with van der Waals surface area (Å²) in [5.74, 6) is 0.0438. The Morgan fingerprint density at radius 1 is 0.839 bits per heavy atom. The zero-order chi connectivity index (χ0) is 23.4. The number of nitrogens with one attached hydrogen (secondary N) is 1. The van der Waals surface area contributed by atoms with Crippen molar-refractivity contribution >= 4 is 17.6 Å². The van der Waals surface area contributed by atoms with Crippen molar-refractivity contribution in [3.8, 4) is 11.5 Å². The number of carbonyl (C=O) groups is 2. The second kappa shape index (κ2) is 9.41. The average Bonchev–Trinajstić information content (AvgIpc) is 2.70. The molecule has 0 bridgehead atoms. The van der Waals surface area contributed by atoms with E-state index in [1.54, 1.807) is 18.2 Å². The number of ether oxygens (including phenoxy) is 3. The topological polar surface area (TPSA) is 73.9 Å². The summed E-state index contributed by atoms with van der Waals surface area (Å²) in [6, 6.07) is 10.8. The first-order valence-corrected chi connectivity index (χ1v) is 10.2. The minimum absolute atomic E-state index is 0.128. The van der Waals surface area contributed by atoms with Gasteiger partial charge in [0.15, 0.2) is 6.61 Å². The van der Waals surface area contributed by atoms with Crippen LogP contribution in [0.15, 0.2) is 36.4 Å². The Morgan fingerprint density at radius 2 is 1.42 bits per heavy atom. The lowest BCUT2D eigenvalue weighted by molar-refractivity contribution is -0.119. The molecule has 0 saturated heterocycles. The Balaban J connectivity index is 2.16. The molecule has 1 N–H and O–H groups in total. The van der Waals surface area contributed by atoms with Gasteiger partial charge in [0.2, 0.25) is 0 Å². The van der Waals surface area contributed by atoms with Crippen LogP contribution in [0, 0.1) is 0 Å². The Kier molecular flexibility index (Phi) is 7.37. The largest absolute Gasteiger partial charge is 0.497 e. The fourth-order valence-corrected chi connectivity index (χ4v) is 2.92. The molecule has 0 heterocycles. The highest BCUT2D eigenvalue weighted by Crippen LogP contribution is 2.31. The molecule has 2 rings (SSSR count). The molecule has 0 radical (unpaired) electrons. The highest BCUT2D eigenvalue weighted by molar-refractivity contribution is 5.96. The molecule has 31 heavy (non-hydrogen) atoms. The van der Waals surface area contributed by atoms with Crippen LogP contribution >= 0.6 is 0 Å². The molecule has 0 aliphatic rings. The zero-order valence-corrected chi connectivity index (χ0v) is 19.7. The number of rotatable bonds is 6. The van der Waals surface area contributed by atoms with Crippen molar-refractivity contribution < 1.29 is 23.8 Å². The highest BCUT2D eigenvalue weighted by Gasteiger charge is 2.23. The number of methoxy groups -OCH3 is 2. The van der Waals surface area contributed by atoms with Crippen LogP contribution in [-0.4, -0.2) is 32.7 Å². The summed E-state index contributed by atoms with van der Waals surface area (Å²) in [5, 5.41) is 2.69. The van der Waals surface area contributed by atoms with Crippen molar-refractivity contribution in [3.05, 3.63) is 53.1 Å². The van der Waals surface area contributed by atoms with E-state index in [9.17, 15) is 9.59 Å². The van der Waals surface area contributed by atoms with Gasteiger partial charge < -0.3 is 19.5 Å². The van der Waals surface area contributed by atoms with Crippen LogP contribution in [0.2, 0.25) is 0 Å². The van der Waals surface area contributed by atoms with Crippen LogP contribution in [0.3, 0.4) is 0 Å². The van der Waals surface area contributed by atoms with E-state index in [4.69, 9.17) is 14.2 Å². The molecular formula is C25H33NO5. The number of hydrogen-bond donors (Lipinski definition) is 1. The molecule has 6 heteroatoms. The first-order valence-electron chi connectivity index (χ1n) is 10.2. The molecule has 168 valence electrons. The number of amides is 1. The van der Waals surface area contributed by atoms with Gasteiger partial charge in [0.05, 0.1) is 25.5 Å². The van der Waals surface area contributed by atoms with E-state index in [1.807, 2.05) is 12.1 Å². The number of hydrogen-bond acceptors (Lipinski definition) is 5. The predicted molar refractivity (Wildman–Crippen MR) is 122 cm³/mol. The molecule has 2 aromatic carbocycles. The number of anilines is 1. The summed E-state index contributed by atoms with van der Waals surface area (Å²) in [7, 11) is 3.04. The van der Waals surface area contributed by atoms with Crippen molar-refractivity contribution in [2.45, 2.75) is 52.4 Å². The van der Waals surface area contributed by atoms with Gasteiger partial charge in [-0.15, -0.1) is 0 Å². The summed E-state index contributed by atoms with van der Waals surface area (Å²) in [6.45, 7) is 12.2. The molecule has 0 spiro atoms. The smallest absolute Gasteiger partial charge is 0.338 e. The fourth-order valence-electron chi connectivity index (χ4n) is 2.92. The molecule has 0 aliphatic carbocycles. The average molecular weight is 428 g/mol. The third-order valence-corrected chi connectivity index (χ3v) is 4.92. The van der Waals surface area contributed by atoms with Crippen molar-refractivity contribution in [2.24, 2.45) is 0 Å². The summed E-state index contributed by atoms with van der Waals surface area (Å²) in [6.07, 6.45) is 0. The van der Waals surface area contributed by atoms with Gasteiger partial charge in [-0.1, -0.05) is 47.6 Å². The molecule has 0 saturated carbocycles. The SMILES string of the molecule is COc1ccc(OC)c(NC(=O)COC(=O)c2cc(C(C)(C)C)cc(C(C)(C)C)c2)c1. The standard InChI is InChI=1S/C25H33NO5/c1-24(2,3)17-11-16(12-18(13-17)25(4,5)6)23(28)31-15-22(27)26-20-14-19(29-7)9-10-21(20)30-8/h9-14H,15H2,1-8H3,(H,26,27). The Labute approximate surface area is 184 Å². The van der Waals surface area contributed by atoms with Crippen molar-refractivity contribution in [3.63, 3.8) is 0 Å². The fraction of sp³-hybridized carbons (Fsp3) is 0.440. The molecule has 0 atom stereocenters. The van der Waals surface area contributed by atoms with Crippen molar-refractivity contribution in [1.82, 2.24) is 0 Å². The lowest BCUT2D eigenvalue weighted by Gasteiger charge is -2.25. The van der Waals surface area contributed by atoms with Gasteiger partial charge in [-0.2, -0.15) is 0 Å². The highest BCUT2D eigenvalue weighted by atomic mass is 16.5. The molecule has 0 unspecified atom stereocenters. The molecular weight excluding hydrogens is 394 g/mol. The summed E-state index contributed by atoms with van der Waals surface area (Å²) >= 11 is 0. The van der Waals surface area contributed by atoms with E-state index < -0.39 is 18.5 Å². The molecule has 1 amide bonds. The molecule has 0 fully saturated rings. The van der Waals surface area contributed by atoms with Crippen molar-refractivity contribution in [1.29, 1.82) is 0 Å². The van der Waals surface area contributed by atoms with Gasteiger partial charge in [-0.05, 0) is 46.2 Å². The van der Waals surface area contributed by atoms with Crippen LogP contribution in [-0.2, 0) is 20.4 Å². The molecule has 2 aromatic rings. The van der Waals surface area contributed by atoms with Gasteiger partial charge in [-0.25, -0.2) is 4.79 Å². The van der Waals surface area contributed by atoms with Crippen LogP contribution < -0.4 is 14.8 Å². The summed E-state index contributed by atoms with van der Waals surface area (Å²) < 4.78 is 15.7. The minimum Gasteiger partial charge on any atom is -0.497 e. The lowest BCUT2D eigenvalue weighted by Crippen LogP contribution is -2.22. The third kappa shape index (κ3) is 6.48. The monoisotopic (exact) mass is 427 g/mol. The van der Waals surface area contributed by atoms with E-state index >= 15 is 0 Å². The zero-order valence-electron chi connectivity index (χ0n) is 19.7. The van der Waals surface area contributed by atoms with E-state index in [0.29, 0.717) is 22.7 Å². The molecule has 0 aliphatic heterocycles. The Bertz CT molecular complexity index is 919. The quantitative estimate of drug-likeness (QED) is 0.650. The summed E-state index contributed by atoms with van der Waals surface area (Å²) in [5.41, 5.74) is 2.69. The third-order valence-electron chi connectivity index (χ3n) is 4.92. The second-order valence-electron chi connectivity index (χ2n) is 9.49. The molecule has 6 nitrogen and oxygen atoms in total. The number of carbonyl (C=O) groups excluding carboxylic acids is 2. The first kappa shape index (κ1) is 24.3. The Morgan fingerprint density at radius 3 is 1.90 bits per heavy atom. The number of benzene rings is 2. The minimum atomic E-state index is -0.538. The van der Waals surface area contributed by atoms with Crippen LogP contribution in [0.25, 0.3) is 0 Å². The second-order valence-corrected chi connectivity index (χ2v) is 9.49. The predicted octanol–water partition coefficient (Wildman–Crippen LogP) is 5.09. The van der Waals surface area contributed by atoms with Gasteiger partial charge in [0, 0.05) is 6.07 Å². The normalized spacial score (nSPS) is 11.6. The van der Waals surface area contributed by atoms with E-state index in [-0.39, 0.29) is 10.8 Å².